The first-order valence-electron chi connectivity index (χ1n) is 5.63. The molecule has 1 fully saturated rings. The molecule has 3 heteroatoms. The lowest BCUT2D eigenvalue weighted by atomic mass is 10.0. The molecule has 1 aliphatic heterocycles. The summed E-state index contributed by atoms with van der Waals surface area (Å²) < 4.78 is 0. The molecule has 0 radical (unpaired) electrons. The van der Waals surface area contributed by atoms with Crippen molar-refractivity contribution in [1.29, 1.82) is 5.26 Å². The minimum absolute atomic E-state index is 0.385. The van der Waals surface area contributed by atoms with E-state index in [1.807, 2.05) is 30.0 Å². The number of hydrogen-bond donors (Lipinski definition) is 1. The van der Waals surface area contributed by atoms with Crippen molar-refractivity contribution in [3.05, 3.63) is 35.4 Å². The van der Waals surface area contributed by atoms with Crippen LogP contribution >= 0.6 is 11.8 Å². The number of hydrogen-bond acceptors (Lipinski definition) is 3. The van der Waals surface area contributed by atoms with Crippen LogP contribution in [0.25, 0.3) is 0 Å². The van der Waals surface area contributed by atoms with E-state index < -0.39 is 0 Å². The lowest BCUT2D eigenvalue weighted by Gasteiger charge is -2.19. The summed E-state index contributed by atoms with van der Waals surface area (Å²) >= 11 is 1.99. The minimum atomic E-state index is 0.385. The summed E-state index contributed by atoms with van der Waals surface area (Å²) in [6.07, 6.45) is 1.22. The Morgan fingerprint density at radius 1 is 1.50 bits per heavy atom. The zero-order valence-corrected chi connectivity index (χ0v) is 10.3. The summed E-state index contributed by atoms with van der Waals surface area (Å²) in [5, 5.41) is 12.5. The summed E-state index contributed by atoms with van der Waals surface area (Å²) in [5.74, 6) is 2.32. The van der Waals surface area contributed by atoms with E-state index in [1.165, 1.54) is 17.7 Å². The number of nitrogens with zero attached hydrogens (tertiary/aromatic N) is 1. The van der Waals surface area contributed by atoms with Crippen molar-refractivity contribution in [2.24, 2.45) is 0 Å². The molecule has 1 aliphatic rings. The van der Waals surface area contributed by atoms with E-state index in [0.717, 1.165) is 11.3 Å². The SMILES string of the molecule is CC1CCSCC(c2cccc(C#N)c2)N1. The molecular formula is C13H16N2S. The summed E-state index contributed by atoms with van der Waals surface area (Å²) in [6.45, 7) is 2.23. The molecule has 2 atom stereocenters. The van der Waals surface area contributed by atoms with E-state index in [0.29, 0.717) is 12.1 Å². The fourth-order valence-electron chi connectivity index (χ4n) is 1.95. The maximum absolute atomic E-state index is 8.89. The Morgan fingerprint density at radius 3 is 3.19 bits per heavy atom. The Morgan fingerprint density at radius 2 is 2.38 bits per heavy atom. The van der Waals surface area contributed by atoms with Crippen LogP contribution in [0.5, 0.6) is 0 Å². The molecule has 0 bridgehead atoms. The molecule has 1 saturated heterocycles. The van der Waals surface area contributed by atoms with Gasteiger partial charge in [0.05, 0.1) is 11.6 Å². The van der Waals surface area contributed by atoms with E-state index >= 15 is 0 Å². The monoisotopic (exact) mass is 232 g/mol. The molecule has 1 N–H and O–H groups in total. The molecule has 1 heterocycles. The van der Waals surface area contributed by atoms with Crippen LogP contribution in [0, 0.1) is 11.3 Å². The summed E-state index contributed by atoms with van der Waals surface area (Å²) in [7, 11) is 0. The maximum Gasteiger partial charge on any atom is 0.0991 e. The topological polar surface area (TPSA) is 35.8 Å². The number of nitrogens with one attached hydrogen (secondary N) is 1. The second-order valence-electron chi connectivity index (χ2n) is 4.22. The van der Waals surface area contributed by atoms with Crippen molar-refractivity contribution in [2.45, 2.75) is 25.4 Å². The number of benzene rings is 1. The lowest BCUT2D eigenvalue weighted by molar-refractivity contribution is 0.485. The van der Waals surface area contributed by atoms with Crippen molar-refractivity contribution in [1.82, 2.24) is 5.32 Å². The van der Waals surface area contributed by atoms with Gasteiger partial charge in [-0.2, -0.15) is 17.0 Å². The molecule has 0 spiro atoms. The van der Waals surface area contributed by atoms with Gasteiger partial charge < -0.3 is 5.32 Å². The fraction of sp³-hybridized carbons (Fsp3) is 0.462. The van der Waals surface area contributed by atoms with Crippen LogP contribution < -0.4 is 5.32 Å². The van der Waals surface area contributed by atoms with Gasteiger partial charge in [-0.1, -0.05) is 12.1 Å². The van der Waals surface area contributed by atoms with Gasteiger partial charge in [-0.15, -0.1) is 0 Å². The maximum atomic E-state index is 8.89. The Hall–Kier alpha value is -0.980. The van der Waals surface area contributed by atoms with Crippen LogP contribution in [-0.2, 0) is 0 Å². The van der Waals surface area contributed by atoms with Crippen LogP contribution in [0.4, 0.5) is 0 Å². The molecule has 1 aromatic rings. The highest BCUT2D eigenvalue weighted by atomic mass is 32.2. The second-order valence-corrected chi connectivity index (χ2v) is 5.37. The van der Waals surface area contributed by atoms with Gasteiger partial charge in [0.25, 0.3) is 0 Å². The highest BCUT2D eigenvalue weighted by Gasteiger charge is 2.17. The summed E-state index contributed by atoms with van der Waals surface area (Å²) in [4.78, 5) is 0. The van der Waals surface area contributed by atoms with Gasteiger partial charge in [0, 0.05) is 17.8 Å². The molecule has 2 rings (SSSR count). The molecule has 16 heavy (non-hydrogen) atoms. The van der Waals surface area contributed by atoms with E-state index in [1.54, 1.807) is 0 Å². The fourth-order valence-corrected chi connectivity index (χ4v) is 3.16. The highest BCUT2D eigenvalue weighted by Crippen LogP contribution is 2.24. The zero-order valence-electron chi connectivity index (χ0n) is 9.44. The highest BCUT2D eigenvalue weighted by molar-refractivity contribution is 7.99. The first kappa shape index (κ1) is 11.5. The summed E-state index contributed by atoms with van der Waals surface area (Å²) in [6, 6.07) is 11.1. The normalized spacial score (nSPS) is 25.8. The Balaban J connectivity index is 2.18. The molecule has 0 aliphatic carbocycles. The van der Waals surface area contributed by atoms with E-state index in [9.17, 15) is 0 Å². The van der Waals surface area contributed by atoms with Gasteiger partial charge in [0.2, 0.25) is 0 Å². The van der Waals surface area contributed by atoms with Crippen molar-refractivity contribution in [3.8, 4) is 6.07 Å². The van der Waals surface area contributed by atoms with Gasteiger partial charge >= 0.3 is 0 Å². The molecule has 0 saturated carbocycles. The van der Waals surface area contributed by atoms with Crippen LogP contribution in [0.1, 0.15) is 30.5 Å². The van der Waals surface area contributed by atoms with Crippen molar-refractivity contribution >= 4 is 11.8 Å². The van der Waals surface area contributed by atoms with E-state index in [-0.39, 0.29) is 0 Å². The molecule has 0 aromatic heterocycles. The van der Waals surface area contributed by atoms with Crippen LogP contribution in [0.2, 0.25) is 0 Å². The predicted molar refractivity (Wildman–Crippen MR) is 68.4 cm³/mol. The summed E-state index contributed by atoms with van der Waals surface area (Å²) in [5.41, 5.74) is 1.99. The first-order valence-corrected chi connectivity index (χ1v) is 6.79. The number of rotatable bonds is 1. The Kier molecular flexibility index (Phi) is 3.87. The number of thioether (sulfide) groups is 1. The Bertz CT molecular complexity index is 397. The molecular weight excluding hydrogens is 216 g/mol. The molecule has 2 nitrogen and oxygen atoms in total. The van der Waals surface area contributed by atoms with E-state index in [2.05, 4.69) is 24.4 Å². The molecule has 2 unspecified atom stereocenters. The third kappa shape index (κ3) is 2.78. The number of nitriles is 1. The average molecular weight is 232 g/mol. The predicted octanol–water partition coefficient (Wildman–Crippen LogP) is 2.71. The average Bonchev–Trinajstić information content (AvgIpc) is 2.54. The standard InChI is InChI=1S/C13H16N2S/c1-10-5-6-16-9-13(15-10)12-4-2-3-11(7-12)8-14/h2-4,7,10,13,15H,5-6,9H2,1H3. The van der Waals surface area contributed by atoms with Crippen molar-refractivity contribution in [2.75, 3.05) is 11.5 Å². The van der Waals surface area contributed by atoms with Gasteiger partial charge in [-0.3, -0.25) is 0 Å². The minimum Gasteiger partial charge on any atom is -0.307 e. The lowest BCUT2D eigenvalue weighted by Crippen LogP contribution is -2.30. The zero-order chi connectivity index (χ0) is 11.4. The third-order valence-corrected chi connectivity index (χ3v) is 3.98. The van der Waals surface area contributed by atoms with Crippen molar-refractivity contribution < 1.29 is 0 Å². The van der Waals surface area contributed by atoms with Gasteiger partial charge in [0.1, 0.15) is 0 Å². The third-order valence-electron chi connectivity index (χ3n) is 2.88. The largest absolute Gasteiger partial charge is 0.307 e. The van der Waals surface area contributed by atoms with Gasteiger partial charge in [0.15, 0.2) is 0 Å². The smallest absolute Gasteiger partial charge is 0.0991 e. The molecule has 1 aromatic carbocycles. The van der Waals surface area contributed by atoms with Gasteiger partial charge in [-0.05, 0) is 36.8 Å². The van der Waals surface area contributed by atoms with Crippen LogP contribution in [0.3, 0.4) is 0 Å². The molecule has 0 amide bonds. The first-order chi connectivity index (χ1) is 7.79. The quantitative estimate of drug-likeness (QED) is 0.808. The second kappa shape index (κ2) is 5.38. The van der Waals surface area contributed by atoms with Crippen molar-refractivity contribution in [3.63, 3.8) is 0 Å². The molecule has 84 valence electrons. The Labute approximate surface area is 101 Å². The van der Waals surface area contributed by atoms with Gasteiger partial charge in [-0.25, -0.2) is 0 Å². The van der Waals surface area contributed by atoms with Crippen LogP contribution in [-0.4, -0.2) is 17.5 Å². The van der Waals surface area contributed by atoms with E-state index in [4.69, 9.17) is 5.26 Å². The van der Waals surface area contributed by atoms with Crippen LogP contribution in [0.15, 0.2) is 24.3 Å².